The average Bonchev–Trinajstić information content (AvgIpc) is 3.32. The number of rotatable bonds is 1. The highest BCUT2D eigenvalue weighted by molar-refractivity contribution is 9.10. The second kappa shape index (κ2) is 8.39. The highest BCUT2D eigenvalue weighted by atomic mass is 79.9. The topological polar surface area (TPSA) is 172 Å². The van der Waals surface area contributed by atoms with Crippen LogP contribution in [0.15, 0.2) is 52.4 Å². The molecule has 2 aromatic carbocycles. The van der Waals surface area contributed by atoms with Crippen LogP contribution in [0.3, 0.4) is 0 Å². The molecule has 0 bridgehead atoms. The van der Waals surface area contributed by atoms with Crippen molar-refractivity contribution in [2.45, 2.75) is 0 Å². The SMILES string of the molecule is COc1cc(Br)cc2[nH]c3c(=O)[nH]c(=O)[nH]c3c12.O=c1[nH]c(=O)c2[nH]c3cc(Br)cc(F)c3c2[nH]1. The summed E-state index contributed by atoms with van der Waals surface area (Å²) in [6.45, 7) is 0. The Labute approximate surface area is 208 Å². The van der Waals surface area contributed by atoms with Gasteiger partial charge in [-0.15, -0.1) is 0 Å². The number of hydrogen-bond donors (Lipinski definition) is 6. The Morgan fingerprint density at radius 1 is 0.657 bits per heavy atom. The summed E-state index contributed by atoms with van der Waals surface area (Å²) in [6.07, 6.45) is 0. The van der Waals surface area contributed by atoms with Gasteiger partial charge in [-0.1, -0.05) is 31.9 Å². The van der Waals surface area contributed by atoms with E-state index in [-0.39, 0.29) is 16.4 Å². The maximum atomic E-state index is 13.8. The van der Waals surface area contributed by atoms with E-state index in [2.05, 4.69) is 61.8 Å². The van der Waals surface area contributed by atoms with Crippen molar-refractivity contribution in [3.05, 3.63) is 80.7 Å². The molecule has 4 heterocycles. The van der Waals surface area contributed by atoms with E-state index in [1.165, 1.54) is 13.2 Å². The molecule has 0 saturated carbocycles. The predicted molar refractivity (Wildman–Crippen MR) is 136 cm³/mol. The molecule has 0 fully saturated rings. The molecular formula is C21H13Br2FN6O5. The van der Waals surface area contributed by atoms with Gasteiger partial charge in [0, 0.05) is 8.95 Å². The average molecular weight is 608 g/mol. The Morgan fingerprint density at radius 2 is 1.14 bits per heavy atom. The number of nitrogens with one attached hydrogen (secondary N) is 6. The summed E-state index contributed by atoms with van der Waals surface area (Å²) < 4.78 is 20.4. The largest absolute Gasteiger partial charge is 0.496 e. The summed E-state index contributed by atoms with van der Waals surface area (Å²) in [5.74, 6) is 0.0637. The molecule has 0 aliphatic heterocycles. The standard InChI is InChI=1S/C11H8BrN3O3.C10H5BrFN3O2/c1-18-6-3-4(12)2-5-7(6)8-9(13-5)10(16)15-11(17)14-8;11-3-1-4(12)6-5(2-3)13-8-7(6)14-10(17)15-9(8)16/h2-3,13H,1H3,(H2,14,15,16,17);1-2,13H,(H2,14,15,16,17). The van der Waals surface area contributed by atoms with Crippen molar-refractivity contribution in [1.82, 2.24) is 29.9 Å². The lowest BCUT2D eigenvalue weighted by Gasteiger charge is -2.02. The van der Waals surface area contributed by atoms with E-state index in [4.69, 9.17) is 4.74 Å². The first-order valence-corrected chi connectivity index (χ1v) is 11.4. The molecule has 11 nitrogen and oxygen atoms in total. The lowest BCUT2D eigenvalue weighted by Crippen LogP contribution is -2.21. The highest BCUT2D eigenvalue weighted by Crippen LogP contribution is 2.33. The maximum Gasteiger partial charge on any atom is 0.326 e. The van der Waals surface area contributed by atoms with Crippen molar-refractivity contribution < 1.29 is 9.13 Å². The van der Waals surface area contributed by atoms with E-state index >= 15 is 0 Å². The number of methoxy groups -OCH3 is 1. The van der Waals surface area contributed by atoms with Crippen LogP contribution in [0.1, 0.15) is 0 Å². The third-order valence-corrected chi connectivity index (χ3v) is 6.16. The minimum absolute atomic E-state index is 0.150. The predicted octanol–water partition coefficient (Wildman–Crippen LogP) is 3.07. The van der Waals surface area contributed by atoms with E-state index < -0.39 is 28.3 Å². The quantitative estimate of drug-likeness (QED) is 0.168. The Kier molecular flexibility index (Phi) is 5.48. The molecule has 0 amide bonds. The monoisotopic (exact) mass is 606 g/mol. The fourth-order valence-corrected chi connectivity index (χ4v) is 4.75. The zero-order valence-electron chi connectivity index (χ0n) is 17.5. The zero-order valence-corrected chi connectivity index (χ0v) is 20.7. The Hall–Kier alpha value is -3.91. The molecule has 0 atom stereocenters. The highest BCUT2D eigenvalue weighted by Gasteiger charge is 2.14. The molecule has 0 aliphatic rings. The molecule has 178 valence electrons. The number of aromatic nitrogens is 6. The van der Waals surface area contributed by atoms with Gasteiger partial charge in [0.05, 0.1) is 39.9 Å². The Bertz CT molecular complexity index is 2030. The molecule has 6 aromatic rings. The number of hydrogen-bond acceptors (Lipinski definition) is 5. The second-order valence-corrected chi connectivity index (χ2v) is 9.24. The van der Waals surface area contributed by atoms with Gasteiger partial charge in [-0.3, -0.25) is 19.6 Å². The number of benzene rings is 2. The van der Waals surface area contributed by atoms with Crippen LogP contribution in [-0.2, 0) is 0 Å². The van der Waals surface area contributed by atoms with Gasteiger partial charge < -0.3 is 24.7 Å². The third-order valence-electron chi connectivity index (χ3n) is 5.25. The number of fused-ring (bicyclic) bond motifs is 6. The number of halogens is 3. The zero-order chi connectivity index (χ0) is 25.0. The third kappa shape index (κ3) is 3.89. The summed E-state index contributed by atoms with van der Waals surface area (Å²) in [7, 11) is 1.53. The van der Waals surface area contributed by atoms with Crippen LogP contribution in [0.4, 0.5) is 4.39 Å². The Balaban J connectivity index is 0.000000145. The molecule has 0 aliphatic carbocycles. The van der Waals surface area contributed by atoms with E-state index in [0.29, 0.717) is 37.7 Å². The van der Waals surface area contributed by atoms with Gasteiger partial charge in [0.15, 0.2) is 0 Å². The second-order valence-electron chi connectivity index (χ2n) is 7.41. The van der Waals surface area contributed by atoms with Gasteiger partial charge in [-0.2, -0.15) is 0 Å². The smallest absolute Gasteiger partial charge is 0.326 e. The van der Waals surface area contributed by atoms with Crippen LogP contribution >= 0.6 is 31.9 Å². The number of H-pyrrole nitrogens is 6. The van der Waals surface area contributed by atoms with Crippen molar-refractivity contribution >= 4 is 75.7 Å². The lowest BCUT2D eigenvalue weighted by molar-refractivity contribution is 0.420. The number of aromatic amines is 6. The minimum atomic E-state index is -0.661. The first-order valence-electron chi connectivity index (χ1n) is 9.81. The molecule has 35 heavy (non-hydrogen) atoms. The van der Waals surface area contributed by atoms with Crippen LogP contribution in [0.5, 0.6) is 5.75 Å². The van der Waals surface area contributed by atoms with Crippen LogP contribution in [0, 0.1) is 5.82 Å². The molecular weight excluding hydrogens is 595 g/mol. The van der Waals surface area contributed by atoms with E-state index in [9.17, 15) is 23.6 Å². The molecule has 0 spiro atoms. The van der Waals surface area contributed by atoms with Crippen LogP contribution in [0.25, 0.3) is 43.9 Å². The summed E-state index contributed by atoms with van der Waals surface area (Å²) in [5, 5.41) is 0.880. The van der Waals surface area contributed by atoms with Crippen molar-refractivity contribution in [1.29, 1.82) is 0 Å². The van der Waals surface area contributed by atoms with Crippen molar-refractivity contribution in [2.24, 2.45) is 0 Å². The summed E-state index contributed by atoms with van der Waals surface area (Å²) in [6, 6.07) is 6.50. The summed E-state index contributed by atoms with van der Waals surface area (Å²) >= 11 is 6.51. The van der Waals surface area contributed by atoms with Crippen LogP contribution in [-0.4, -0.2) is 37.0 Å². The Morgan fingerprint density at radius 3 is 1.69 bits per heavy atom. The normalized spacial score (nSPS) is 11.3. The molecule has 0 radical (unpaired) electrons. The molecule has 6 rings (SSSR count). The maximum absolute atomic E-state index is 13.8. The molecule has 0 unspecified atom stereocenters. The van der Waals surface area contributed by atoms with Gasteiger partial charge in [0.1, 0.15) is 22.6 Å². The van der Waals surface area contributed by atoms with Crippen molar-refractivity contribution in [3.8, 4) is 5.75 Å². The molecule has 4 aromatic heterocycles. The lowest BCUT2D eigenvalue weighted by atomic mass is 10.2. The molecule has 0 saturated heterocycles. The van der Waals surface area contributed by atoms with E-state index in [1.54, 1.807) is 12.1 Å². The summed E-state index contributed by atoms with van der Waals surface area (Å²) in [5.41, 5.74) is 0.0185. The number of ether oxygens (including phenoxy) is 1. The van der Waals surface area contributed by atoms with Gasteiger partial charge >= 0.3 is 11.4 Å². The van der Waals surface area contributed by atoms with E-state index in [0.717, 1.165) is 4.47 Å². The summed E-state index contributed by atoms with van der Waals surface area (Å²) in [4.78, 5) is 60.7. The van der Waals surface area contributed by atoms with Gasteiger partial charge in [0.25, 0.3) is 11.1 Å². The molecule has 6 N–H and O–H groups in total. The minimum Gasteiger partial charge on any atom is -0.496 e. The molecule has 14 heteroatoms. The van der Waals surface area contributed by atoms with Crippen LogP contribution in [0.2, 0.25) is 0 Å². The van der Waals surface area contributed by atoms with Crippen molar-refractivity contribution in [3.63, 3.8) is 0 Å². The van der Waals surface area contributed by atoms with Gasteiger partial charge in [0.2, 0.25) is 0 Å². The van der Waals surface area contributed by atoms with Crippen LogP contribution < -0.4 is 27.2 Å². The van der Waals surface area contributed by atoms with Crippen molar-refractivity contribution in [2.75, 3.05) is 7.11 Å². The first-order chi connectivity index (χ1) is 16.7. The fourth-order valence-electron chi connectivity index (χ4n) is 3.88. The van der Waals surface area contributed by atoms with E-state index in [1.807, 2.05) is 6.07 Å². The van der Waals surface area contributed by atoms with Gasteiger partial charge in [-0.25, -0.2) is 14.0 Å². The fraction of sp³-hybridized carbons (Fsp3) is 0.0476. The first kappa shape index (κ1) is 22.9. The van der Waals surface area contributed by atoms with Gasteiger partial charge in [-0.05, 0) is 24.3 Å².